The van der Waals surface area contributed by atoms with Crippen LogP contribution < -0.4 is 0 Å². The van der Waals surface area contributed by atoms with Gasteiger partial charge in [0.15, 0.2) is 6.29 Å². The first-order valence-electron chi connectivity index (χ1n) is 4.05. The average Bonchev–Trinajstić information content (AvgIpc) is 2.18. The van der Waals surface area contributed by atoms with E-state index >= 15 is 0 Å². The molecule has 1 rings (SSSR count). The fraction of sp³-hybridized carbons (Fsp3) is 0.333. The third-order valence-electron chi connectivity index (χ3n) is 1.90. The zero-order valence-electron chi connectivity index (χ0n) is 7.98. The fourth-order valence-electron chi connectivity index (χ4n) is 1.19. The fourth-order valence-corrected chi connectivity index (χ4v) is 1.52. The van der Waals surface area contributed by atoms with Crippen molar-refractivity contribution in [2.45, 2.75) is 12.5 Å². The molecule has 0 amide bonds. The Morgan fingerprint density at radius 3 is 2.38 bits per heavy atom. The number of halogens is 5. The van der Waals surface area contributed by atoms with E-state index in [4.69, 9.17) is 0 Å². The monoisotopic (exact) mass is 302 g/mol. The van der Waals surface area contributed by atoms with Gasteiger partial charge < -0.3 is 9.84 Å². The van der Waals surface area contributed by atoms with Gasteiger partial charge in [0.1, 0.15) is 11.4 Å². The number of benzene rings is 1. The molecule has 0 aromatic heterocycles. The van der Waals surface area contributed by atoms with E-state index in [0.29, 0.717) is 0 Å². The molecule has 1 aromatic carbocycles. The summed E-state index contributed by atoms with van der Waals surface area (Å²) in [5.41, 5.74) is -2.19. The molecule has 0 aliphatic carbocycles. The minimum atomic E-state index is -4.90. The topological polar surface area (TPSA) is 29.5 Å². The lowest BCUT2D eigenvalue weighted by Gasteiger charge is -2.17. The highest BCUT2D eigenvalue weighted by Gasteiger charge is 2.39. The lowest BCUT2D eigenvalue weighted by atomic mass is 10.1. The molecular weight excluding hydrogens is 296 g/mol. The maximum Gasteiger partial charge on any atom is 0.419 e. The van der Waals surface area contributed by atoms with E-state index in [-0.39, 0.29) is 4.47 Å². The number of methoxy groups -OCH3 is 1. The molecule has 1 N–H and O–H groups in total. The number of hydrogen-bond acceptors (Lipinski definition) is 2. The van der Waals surface area contributed by atoms with Gasteiger partial charge in [-0.2, -0.15) is 13.2 Å². The molecule has 2 nitrogen and oxygen atoms in total. The summed E-state index contributed by atoms with van der Waals surface area (Å²) in [5.74, 6) is -1.47. The van der Waals surface area contributed by atoms with Gasteiger partial charge in [0.25, 0.3) is 0 Å². The minimum Gasteiger partial charge on any atom is -0.364 e. The molecule has 90 valence electrons. The summed E-state index contributed by atoms with van der Waals surface area (Å²) in [6.07, 6.45) is -6.72. The highest BCUT2D eigenvalue weighted by atomic mass is 79.9. The van der Waals surface area contributed by atoms with E-state index in [9.17, 15) is 22.7 Å². The van der Waals surface area contributed by atoms with E-state index in [1.807, 2.05) is 0 Å². The van der Waals surface area contributed by atoms with Crippen LogP contribution in [-0.4, -0.2) is 12.2 Å². The third kappa shape index (κ3) is 2.53. The van der Waals surface area contributed by atoms with Crippen LogP contribution in [0.4, 0.5) is 17.6 Å². The van der Waals surface area contributed by atoms with Crippen LogP contribution in [0.25, 0.3) is 0 Å². The maximum atomic E-state index is 13.3. The summed E-state index contributed by atoms with van der Waals surface area (Å²) in [6, 6.07) is 2.02. The zero-order chi connectivity index (χ0) is 12.5. The van der Waals surface area contributed by atoms with Crippen molar-refractivity contribution in [3.63, 3.8) is 0 Å². The van der Waals surface area contributed by atoms with E-state index in [0.717, 1.165) is 19.2 Å². The van der Waals surface area contributed by atoms with Crippen LogP contribution in [0, 0.1) is 5.82 Å². The first-order chi connectivity index (χ1) is 7.29. The molecule has 0 radical (unpaired) electrons. The van der Waals surface area contributed by atoms with Crippen molar-refractivity contribution >= 4 is 15.9 Å². The molecule has 0 bridgehead atoms. The van der Waals surface area contributed by atoms with Crippen molar-refractivity contribution in [3.05, 3.63) is 33.5 Å². The van der Waals surface area contributed by atoms with E-state index < -0.39 is 29.4 Å². The van der Waals surface area contributed by atoms with Gasteiger partial charge in [-0.1, -0.05) is 6.07 Å². The quantitative estimate of drug-likeness (QED) is 0.671. The molecule has 7 heteroatoms. The first-order valence-corrected chi connectivity index (χ1v) is 4.84. The number of rotatable bonds is 2. The summed E-state index contributed by atoms with van der Waals surface area (Å²) in [6.45, 7) is 0. The Kier molecular flexibility index (Phi) is 3.92. The highest BCUT2D eigenvalue weighted by molar-refractivity contribution is 9.10. The lowest BCUT2D eigenvalue weighted by Crippen LogP contribution is -2.15. The second-order valence-corrected chi connectivity index (χ2v) is 3.77. The van der Waals surface area contributed by atoms with E-state index in [2.05, 4.69) is 20.7 Å². The van der Waals surface area contributed by atoms with Gasteiger partial charge in [-0.15, -0.1) is 0 Å². The molecule has 0 spiro atoms. The molecule has 0 saturated carbocycles. The third-order valence-corrected chi connectivity index (χ3v) is 2.51. The Morgan fingerprint density at radius 1 is 1.38 bits per heavy atom. The van der Waals surface area contributed by atoms with Crippen LogP contribution in [-0.2, 0) is 10.9 Å². The smallest absolute Gasteiger partial charge is 0.364 e. The molecule has 0 heterocycles. The summed E-state index contributed by atoms with van der Waals surface area (Å²) in [4.78, 5) is 0. The number of aliphatic hydroxyl groups is 1. The predicted molar refractivity (Wildman–Crippen MR) is 51.1 cm³/mol. The number of ether oxygens (including phenoxy) is 1. The van der Waals surface area contributed by atoms with Crippen molar-refractivity contribution in [2.24, 2.45) is 0 Å². The van der Waals surface area contributed by atoms with Gasteiger partial charge in [-0.05, 0) is 22.0 Å². The van der Waals surface area contributed by atoms with Gasteiger partial charge in [-0.25, -0.2) is 4.39 Å². The molecule has 0 aliphatic heterocycles. The van der Waals surface area contributed by atoms with Gasteiger partial charge >= 0.3 is 6.18 Å². The second-order valence-electron chi connectivity index (χ2n) is 2.91. The van der Waals surface area contributed by atoms with Crippen LogP contribution in [0.5, 0.6) is 0 Å². The van der Waals surface area contributed by atoms with Crippen molar-refractivity contribution in [3.8, 4) is 0 Å². The predicted octanol–water partition coefficient (Wildman–Crippen LogP) is 3.24. The molecule has 1 aromatic rings. The number of hydrogen-bond donors (Lipinski definition) is 1. The molecule has 0 aliphatic rings. The second kappa shape index (κ2) is 4.68. The van der Waals surface area contributed by atoms with Gasteiger partial charge in [0.2, 0.25) is 0 Å². The largest absolute Gasteiger partial charge is 0.419 e. The zero-order valence-corrected chi connectivity index (χ0v) is 9.56. The van der Waals surface area contributed by atoms with Gasteiger partial charge in [-0.3, -0.25) is 0 Å². The summed E-state index contributed by atoms with van der Waals surface area (Å²) in [7, 11) is 1.02. The summed E-state index contributed by atoms with van der Waals surface area (Å²) >= 11 is 2.65. The Balaban J connectivity index is 3.45. The Morgan fingerprint density at radius 2 is 1.94 bits per heavy atom. The maximum absolute atomic E-state index is 13.3. The Hall–Kier alpha value is -0.660. The van der Waals surface area contributed by atoms with Crippen molar-refractivity contribution in [1.82, 2.24) is 0 Å². The highest BCUT2D eigenvalue weighted by Crippen LogP contribution is 2.38. The molecule has 0 saturated heterocycles. The van der Waals surface area contributed by atoms with Crippen LogP contribution in [0.3, 0.4) is 0 Å². The van der Waals surface area contributed by atoms with Crippen LogP contribution in [0.2, 0.25) is 0 Å². The summed E-state index contributed by atoms with van der Waals surface area (Å²) < 4.78 is 55.0. The molecule has 16 heavy (non-hydrogen) atoms. The van der Waals surface area contributed by atoms with Gasteiger partial charge in [0.05, 0.1) is 4.47 Å². The molecular formula is C9H7BrF4O2. The van der Waals surface area contributed by atoms with E-state index in [1.54, 1.807) is 0 Å². The lowest BCUT2D eigenvalue weighted by molar-refractivity contribution is -0.146. The first kappa shape index (κ1) is 13.4. The Bertz CT molecular complexity index is 392. The minimum absolute atomic E-state index is 0.327. The van der Waals surface area contributed by atoms with Crippen LogP contribution in [0.1, 0.15) is 17.4 Å². The van der Waals surface area contributed by atoms with Gasteiger partial charge in [0, 0.05) is 12.7 Å². The summed E-state index contributed by atoms with van der Waals surface area (Å²) in [5, 5.41) is 9.18. The number of alkyl halides is 3. The molecule has 1 unspecified atom stereocenters. The van der Waals surface area contributed by atoms with Crippen molar-refractivity contribution < 1.29 is 27.4 Å². The van der Waals surface area contributed by atoms with Crippen molar-refractivity contribution in [1.29, 1.82) is 0 Å². The Labute approximate surface area is 97.0 Å². The molecule has 1 atom stereocenters. The van der Waals surface area contributed by atoms with Crippen molar-refractivity contribution in [2.75, 3.05) is 7.11 Å². The van der Waals surface area contributed by atoms with E-state index in [1.165, 1.54) is 0 Å². The van der Waals surface area contributed by atoms with Crippen LogP contribution >= 0.6 is 15.9 Å². The molecule has 0 fully saturated rings. The number of aliphatic hydroxyl groups excluding tert-OH is 1. The van der Waals surface area contributed by atoms with Crippen LogP contribution in [0.15, 0.2) is 16.6 Å². The standard InChI is InChI=1S/C9H7BrF4O2/c1-16-8(15)4-2-3-5(10)7(11)6(4)9(12,13)14/h2-3,8,15H,1H3. The SMILES string of the molecule is COC(O)c1ccc(Br)c(F)c1C(F)(F)F. The average molecular weight is 303 g/mol. The normalized spacial score (nSPS) is 13.9.